The summed E-state index contributed by atoms with van der Waals surface area (Å²) in [6.45, 7) is 14.7. The van der Waals surface area contributed by atoms with Crippen LogP contribution in [0.2, 0.25) is 0 Å². The molecule has 1 aliphatic heterocycles. The molecule has 4 nitrogen and oxygen atoms in total. The molecule has 0 amide bonds. The van der Waals surface area contributed by atoms with Crippen LogP contribution in [0.25, 0.3) is 16.5 Å². The Balaban J connectivity index is 1.66. The summed E-state index contributed by atoms with van der Waals surface area (Å²) < 4.78 is 2.54. The van der Waals surface area contributed by atoms with Crippen LogP contribution in [0, 0.1) is 0 Å². The zero-order valence-electron chi connectivity index (χ0n) is 26.9. The topological polar surface area (TPSA) is 32.6 Å². The Kier molecular flexibility index (Phi) is 7.94. The van der Waals surface area contributed by atoms with Crippen molar-refractivity contribution >= 4 is 28.4 Å². The van der Waals surface area contributed by atoms with Crippen LogP contribution in [-0.4, -0.2) is 21.9 Å². The van der Waals surface area contributed by atoms with Crippen molar-refractivity contribution in [3.05, 3.63) is 143 Å². The Bertz CT molecular complexity index is 1800. The van der Waals surface area contributed by atoms with Gasteiger partial charge in [-0.25, -0.2) is 0 Å². The number of hydrogen-bond donors (Lipinski definition) is 1. The highest BCUT2D eigenvalue weighted by Crippen LogP contribution is 2.51. The number of nitrogens with one attached hydrogen (secondary N) is 1. The van der Waals surface area contributed by atoms with E-state index in [-0.39, 0.29) is 17.1 Å². The van der Waals surface area contributed by atoms with E-state index in [1.54, 1.807) is 0 Å². The number of benzene rings is 4. The molecule has 5 aromatic rings. The molecule has 44 heavy (non-hydrogen) atoms. The number of nitrogens with zero attached hydrogens (tertiary/aromatic N) is 3. The molecule has 1 atom stereocenters. The molecular weight excluding hydrogens is 536 g/mol. The van der Waals surface area contributed by atoms with Crippen molar-refractivity contribution in [1.82, 2.24) is 9.88 Å². The van der Waals surface area contributed by atoms with E-state index in [9.17, 15) is 0 Å². The minimum Gasteiger partial charge on any atom is -0.386 e. The van der Waals surface area contributed by atoms with E-state index in [0.29, 0.717) is 0 Å². The third kappa shape index (κ3) is 6.21. The van der Waals surface area contributed by atoms with Gasteiger partial charge in [-0.15, -0.1) is 0 Å². The van der Waals surface area contributed by atoms with E-state index >= 15 is 0 Å². The van der Waals surface area contributed by atoms with Gasteiger partial charge in [-0.1, -0.05) is 97.1 Å². The van der Waals surface area contributed by atoms with Crippen molar-refractivity contribution < 1.29 is 0 Å². The molecule has 0 saturated carbocycles. The van der Waals surface area contributed by atoms with E-state index in [1.807, 2.05) is 0 Å². The number of fused-ring (bicyclic) bond motifs is 2. The summed E-state index contributed by atoms with van der Waals surface area (Å²) >= 11 is 0. The molecule has 0 saturated heterocycles. The first-order valence-electron chi connectivity index (χ1n) is 15.7. The molecule has 1 aromatic heterocycles. The molecule has 0 spiro atoms. The predicted molar refractivity (Wildman–Crippen MR) is 188 cm³/mol. The first-order chi connectivity index (χ1) is 21.1. The fourth-order valence-corrected chi connectivity index (χ4v) is 6.10. The van der Waals surface area contributed by atoms with E-state index < -0.39 is 0 Å². The standard InChI is InChI=1S/C40H44N4/c1-39(2,3)41-25-33-31-21-13-15-23-35(31)43(27-29-17-9-7-10-18-29)37(33)38-34(26-42-40(4,5)6)32-22-14-16-24-36(32)44(38)28-30-19-11-8-12-20-30/h7-26,37,41H,27-28H2,1-6H3/b33-25-,42-26?/t37-/m0/s1. The van der Waals surface area contributed by atoms with Gasteiger partial charge in [0.1, 0.15) is 0 Å². The monoisotopic (exact) mass is 580 g/mol. The number of para-hydroxylation sites is 2. The van der Waals surface area contributed by atoms with E-state index in [0.717, 1.165) is 13.1 Å². The first-order valence-corrected chi connectivity index (χ1v) is 15.7. The van der Waals surface area contributed by atoms with Gasteiger partial charge in [0.25, 0.3) is 0 Å². The zero-order valence-corrected chi connectivity index (χ0v) is 26.9. The average Bonchev–Trinajstić information content (AvgIpc) is 3.46. The molecule has 1 N–H and O–H groups in total. The third-order valence-corrected chi connectivity index (χ3v) is 8.06. The maximum atomic E-state index is 5.11. The highest BCUT2D eigenvalue weighted by molar-refractivity contribution is 6.03. The van der Waals surface area contributed by atoms with Crippen molar-refractivity contribution in [2.75, 3.05) is 4.90 Å². The van der Waals surface area contributed by atoms with Crippen LogP contribution in [0.15, 0.2) is 120 Å². The summed E-state index contributed by atoms with van der Waals surface area (Å²) in [6.07, 6.45) is 4.40. The summed E-state index contributed by atoms with van der Waals surface area (Å²) in [4.78, 5) is 7.69. The number of aromatic nitrogens is 1. The third-order valence-electron chi connectivity index (χ3n) is 8.06. The van der Waals surface area contributed by atoms with Gasteiger partial charge >= 0.3 is 0 Å². The second-order valence-electron chi connectivity index (χ2n) is 13.8. The van der Waals surface area contributed by atoms with E-state index in [4.69, 9.17) is 4.99 Å². The van der Waals surface area contributed by atoms with E-state index in [1.165, 1.54) is 50.1 Å². The smallest absolute Gasteiger partial charge is 0.0977 e. The van der Waals surface area contributed by atoms with Gasteiger partial charge in [0.05, 0.1) is 17.3 Å². The fourth-order valence-electron chi connectivity index (χ4n) is 6.10. The summed E-state index contributed by atoms with van der Waals surface area (Å²) in [5.74, 6) is 0. The predicted octanol–water partition coefficient (Wildman–Crippen LogP) is 9.40. The minimum absolute atomic E-state index is 0.0417. The van der Waals surface area contributed by atoms with Crippen molar-refractivity contribution in [1.29, 1.82) is 0 Å². The lowest BCUT2D eigenvalue weighted by Gasteiger charge is -2.31. The second kappa shape index (κ2) is 11.8. The van der Waals surface area contributed by atoms with Crippen LogP contribution < -0.4 is 10.2 Å². The lowest BCUT2D eigenvalue weighted by molar-refractivity contribution is 0.491. The second-order valence-corrected chi connectivity index (χ2v) is 13.8. The Morgan fingerprint density at radius 1 is 0.705 bits per heavy atom. The molecule has 0 fully saturated rings. The van der Waals surface area contributed by atoms with Gasteiger partial charge in [-0.3, -0.25) is 4.99 Å². The molecule has 0 bridgehead atoms. The highest BCUT2D eigenvalue weighted by Gasteiger charge is 2.39. The van der Waals surface area contributed by atoms with Gasteiger partial charge < -0.3 is 14.8 Å². The Labute approximate surface area is 262 Å². The summed E-state index contributed by atoms with van der Waals surface area (Å²) in [6, 6.07) is 39.3. The Morgan fingerprint density at radius 3 is 1.95 bits per heavy atom. The molecule has 4 heteroatoms. The van der Waals surface area contributed by atoms with Crippen LogP contribution in [0.4, 0.5) is 5.69 Å². The number of aliphatic imine (C=N–C) groups is 1. The van der Waals surface area contributed by atoms with Crippen LogP contribution in [0.5, 0.6) is 0 Å². The molecular formula is C40H44N4. The van der Waals surface area contributed by atoms with Gasteiger partial charge in [0.2, 0.25) is 0 Å². The Morgan fingerprint density at radius 2 is 1.30 bits per heavy atom. The van der Waals surface area contributed by atoms with Crippen LogP contribution in [0.1, 0.15) is 75.5 Å². The van der Waals surface area contributed by atoms with Crippen LogP contribution >= 0.6 is 0 Å². The van der Waals surface area contributed by atoms with E-state index in [2.05, 4.69) is 178 Å². The number of hydrogen-bond acceptors (Lipinski definition) is 3. The Hall–Kier alpha value is -4.57. The largest absolute Gasteiger partial charge is 0.386 e. The fraction of sp³-hybridized carbons (Fsp3) is 0.275. The molecule has 0 radical (unpaired) electrons. The van der Waals surface area contributed by atoms with Crippen LogP contribution in [-0.2, 0) is 13.1 Å². The molecule has 0 unspecified atom stereocenters. The van der Waals surface area contributed by atoms with Crippen molar-refractivity contribution in [3.63, 3.8) is 0 Å². The maximum Gasteiger partial charge on any atom is 0.0977 e. The molecule has 2 heterocycles. The lowest BCUT2D eigenvalue weighted by Crippen LogP contribution is -2.32. The number of anilines is 1. The SMILES string of the molecule is CC(C)(C)N=Cc1c([C@@H]2/C(=C\NC(C)(C)C)c3ccccc3N2Cc2ccccc2)n(Cc2ccccc2)c2ccccc12. The molecule has 6 rings (SSSR count). The van der Waals surface area contributed by atoms with Gasteiger partial charge in [-0.05, 0) is 64.8 Å². The van der Waals surface area contributed by atoms with Crippen molar-refractivity contribution in [2.45, 2.75) is 71.8 Å². The molecule has 1 aliphatic rings. The summed E-state index contributed by atoms with van der Waals surface area (Å²) in [7, 11) is 0. The van der Waals surface area contributed by atoms with Gasteiger partial charge in [0, 0.05) is 64.3 Å². The van der Waals surface area contributed by atoms with Crippen molar-refractivity contribution in [3.8, 4) is 0 Å². The van der Waals surface area contributed by atoms with Gasteiger partial charge in [-0.2, -0.15) is 0 Å². The highest BCUT2D eigenvalue weighted by atomic mass is 15.2. The van der Waals surface area contributed by atoms with Crippen LogP contribution in [0.3, 0.4) is 0 Å². The zero-order chi connectivity index (χ0) is 30.9. The summed E-state index contributed by atoms with van der Waals surface area (Å²) in [5, 5.41) is 4.96. The summed E-state index contributed by atoms with van der Waals surface area (Å²) in [5.41, 5.74) is 9.74. The first kappa shape index (κ1) is 29.5. The minimum atomic E-state index is -0.200. The quantitative estimate of drug-likeness (QED) is 0.195. The normalized spacial score (nSPS) is 16.3. The average molecular weight is 581 g/mol. The molecule has 224 valence electrons. The molecule has 0 aliphatic carbocycles. The maximum absolute atomic E-state index is 5.11. The molecule has 4 aromatic carbocycles. The van der Waals surface area contributed by atoms with Crippen molar-refractivity contribution in [2.24, 2.45) is 4.99 Å². The lowest BCUT2D eigenvalue weighted by atomic mass is 9.96. The van der Waals surface area contributed by atoms with Gasteiger partial charge in [0.15, 0.2) is 0 Å². The number of rotatable bonds is 7.